The van der Waals surface area contributed by atoms with Crippen molar-refractivity contribution in [3.63, 3.8) is 0 Å². The summed E-state index contributed by atoms with van der Waals surface area (Å²) in [5.74, 6) is -2.27. The van der Waals surface area contributed by atoms with Gasteiger partial charge in [-0.1, -0.05) is 72.8 Å². The molecule has 0 amide bonds. The minimum Gasteiger partial charge on any atom is -0.478 e. The van der Waals surface area contributed by atoms with Crippen LogP contribution in [0.15, 0.2) is 121 Å². The Morgan fingerprint density at radius 2 is 1.00 bits per heavy atom. The van der Waals surface area contributed by atoms with Crippen LogP contribution in [0, 0.1) is 0 Å². The standard InChI is InChI=1S/C26H22O6S.C7H6O2/c27-24(18-10-4-1-5-11-18)30-17-22-21(31-25(28)19-12-6-2-7-13-19)16-23(33-22)32-26(29)20-14-8-3-9-15-20;8-7(9)6-4-2-1-3-5-6/h1-15,21-23H,16-17H2;1-5H,(H,8,9)/t21-,22-,23?;/m1./s1. The van der Waals surface area contributed by atoms with E-state index in [9.17, 15) is 19.2 Å². The highest BCUT2D eigenvalue weighted by molar-refractivity contribution is 8.00. The molecule has 0 saturated carbocycles. The van der Waals surface area contributed by atoms with Gasteiger partial charge in [-0.05, 0) is 48.5 Å². The molecular formula is C33H28O8S. The average molecular weight is 585 g/mol. The van der Waals surface area contributed by atoms with Crippen molar-refractivity contribution in [2.75, 3.05) is 6.61 Å². The van der Waals surface area contributed by atoms with Crippen LogP contribution in [0.2, 0.25) is 0 Å². The van der Waals surface area contributed by atoms with E-state index in [1.165, 1.54) is 11.8 Å². The monoisotopic (exact) mass is 584 g/mol. The zero-order valence-corrected chi connectivity index (χ0v) is 23.2. The van der Waals surface area contributed by atoms with Crippen LogP contribution in [0.3, 0.4) is 0 Å². The second-order valence-corrected chi connectivity index (χ2v) is 10.5. The summed E-state index contributed by atoms with van der Waals surface area (Å²) in [6.07, 6.45) is -0.283. The summed E-state index contributed by atoms with van der Waals surface area (Å²) in [7, 11) is 0. The molecule has 1 heterocycles. The number of carboxylic acids is 1. The summed E-state index contributed by atoms with van der Waals surface area (Å²) in [6.45, 7) is 0.0184. The molecule has 42 heavy (non-hydrogen) atoms. The summed E-state index contributed by atoms with van der Waals surface area (Å²) in [4.78, 5) is 47.7. The maximum absolute atomic E-state index is 12.6. The van der Waals surface area contributed by atoms with Crippen molar-refractivity contribution in [1.82, 2.24) is 0 Å². The molecule has 1 N–H and O–H groups in total. The SMILES string of the molecule is O=C(O)c1ccccc1.O=C(OC[C@H]1SC(OC(=O)c2ccccc2)C[C@H]1OC(=O)c1ccccc1)c1ccccc1. The van der Waals surface area contributed by atoms with Gasteiger partial charge in [-0.25, -0.2) is 19.2 Å². The number of benzene rings is 4. The molecule has 1 aliphatic heterocycles. The lowest BCUT2D eigenvalue weighted by atomic mass is 10.2. The first-order chi connectivity index (χ1) is 20.4. The molecule has 0 bridgehead atoms. The van der Waals surface area contributed by atoms with Crippen LogP contribution in [-0.2, 0) is 14.2 Å². The highest BCUT2D eigenvalue weighted by Crippen LogP contribution is 2.38. The van der Waals surface area contributed by atoms with E-state index in [-0.39, 0.29) is 11.9 Å². The molecule has 4 aromatic rings. The first-order valence-electron chi connectivity index (χ1n) is 13.1. The van der Waals surface area contributed by atoms with Crippen molar-refractivity contribution < 1.29 is 38.5 Å². The fraction of sp³-hybridized carbons (Fsp3) is 0.152. The highest BCUT2D eigenvalue weighted by Gasteiger charge is 2.41. The summed E-state index contributed by atoms with van der Waals surface area (Å²) < 4.78 is 16.8. The number of hydrogen-bond acceptors (Lipinski definition) is 8. The molecule has 8 nitrogen and oxygen atoms in total. The fourth-order valence-electron chi connectivity index (χ4n) is 3.96. The Hall–Kier alpha value is -4.89. The van der Waals surface area contributed by atoms with E-state index in [1.807, 2.05) is 18.2 Å². The van der Waals surface area contributed by atoms with Crippen LogP contribution >= 0.6 is 11.8 Å². The van der Waals surface area contributed by atoms with Crippen molar-refractivity contribution >= 4 is 35.6 Å². The van der Waals surface area contributed by atoms with Gasteiger partial charge < -0.3 is 19.3 Å². The van der Waals surface area contributed by atoms with Gasteiger partial charge in [0, 0.05) is 6.42 Å². The van der Waals surface area contributed by atoms with Gasteiger partial charge in [0.25, 0.3) is 0 Å². The highest BCUT2D eigenvalue weighted by atomic mass is 32.2. The minimum absolute atomic E-state index is 0.0184. The Morgan fingerprint density at radius 3 is 1.43 bits per heavy atom. The van der Waals surface area contributed by atoms with Crippen LogP contribution in [0.4, 0.5) is 0 Å². The molecule has 0 aromatic heterocycles. The summed E-state index contributed by atoms with van der Waals surface area (Å²) in [5.41, 5.74) is 1.09. The predicted octanol–water partition coefficient (Wildman–Crippen LogP) is 6.14. The van der Waals surface area contributed by atoms with Gasteiger partial charge in [-0.15, -0.1) is 11.8 Å². The lowest BCUT2D eigenvalue weighted by Gasteiger charge is -2.18. The summed E-state index contributed by atoms with van der Waals surface area (Å²) in [5, 5.41) is 8.01. The van der Waals surface area contributed by atoms with Crippen LogP contribution in [0.25, 0.3) is 0 Å². The van der Waals surface area contributed by atoms with Crippen LogP contribution in [-0.4, -0.2) is 52.4 Å². The Morgan fingerprint density at radius 1 is 0.595 bits per heavy atom. The summed E-state index contributed by atoms with van der Waals surface area (Å²) in [6, 6.07) is 34.3. The van der Waals surface area contributed by atoms with E-state index in [1.54, 1.807) is 103 Å². The smallest absolute Gasteiger partial charge is 0.339 e. The average Bonchev–Trinajstić information content (AvgIpc) is 3.42. The van der Waals surface area contributed by atoms with E-state index >= 15 is 0 Å². The maximum atomic E-state index is 12.6. The molecule has 9 heteroatoms. The first kappa shape index (κ1) is 30.1. The van der Waals surface area contributed by atoms with E-state index in [2.05, 4.69) is 0 Å². The molecule has 4 aromatic carbocycles. The van der Waals surface area contributed by atoms with E-state index in [0.29, 0.717) is 28.7 Å². The molecule has 0 aliphatic carbocycles. The number of esters is 3. The first-order valence-corrected chi connectivity index (χ1v) is 14.0. The number of carbonyl (C=O) groups is 4. The molecule has 0 spiro atoms. The molecule has 1 unspecified atom stereocenters. The number of thioether (sulfide) groups is 1. The number of carbonyl (C=O) groups excluding carboxylic acids is 3. The van der Waals surface area contributed by atoms with Crippen molar-refractivity contribution in [3.8, 4) is 0 Å². The molecule has 1 saturated heterocycles. The normalized spacial score (nSPS) is 17.2. The molecule has 214 valence electrons. The topological polar surface area (TPSA) is 116 Å². The van der Waals surface area contributed by atoms with Crippen LogP contribution in [0.5, 0.6) is 0 Å². The summed E-state index contributed by atoms with van der Waals surface area (Å²) >= 11 is 1.32. The number of ether oxygens (including phenoxy) is 3. The Balaban J connectivity index is 0.000000385. The second kappa shape index (κ2) is 15.2. The number of aromatic carboxylic acids is 1. The Bertz CT molecular complexity index is 1460. The third-order valence-corrected chi connectivity index (χ3v) is 7.47. The lowest BCUT2D eigenvalue weighted by Crippen LogP contribution is -2.29. The molecule has 0 radical (unpaired) electrons. The zero-order valence-electron chi connectivity index (χ0n) is 22.4. The van der Waals surface area contributed by atoms with Gasteiger partial charge >= 0.3 is 23.9 Å². The maximum Gasteiger partial charge on any atom is 0.339 e. The van der Waals surface area contributed by atoms with Crippen molar-refractivity contribution in [2.45, 2.75) is 23.2 Å². The number of hydrogen-bond donors (Lipinski definition) is 1. The Kier molecular flexibility index (Phi) is 10.9. The largest absolute Gasteiger partial charge is 0.478 e. The Labute approximate surface area is 247 Å². The molecule has 1 fully saturated rings. The van der Waals surface area contributed by atoms with Gasteiger partial charge in [0.2, 0.25) is 0 Å². The fourth-order valence-corrected chi connectivity index (χ4v) is 5.29. The molecule has 1 aliphatic rings. The zero-order chi connectivity index (χ0) is 29.7. The van der Waals surface area contributed by atoms with Crippen LogP contribution < -0.4 is 0 Å². The van der Waals surface area contributed by atoms with Crippen molar-refractivity contribution in [3.05, 3.63) is 144 Å². The third-order valence-electron chi connectivity index (χ3n) is 6.09. The van der Waals surface area contributed by atoms with Crippen molar-refractivity contribution in [1.29, 1.82) is 0 Å². The third kappa shape index (κ3) is 8.81. The van der Waals surface area contributed by atoms with E-state index < -0.39 is 35.4 Å². The van der Waals surface area contributed by atoms with Crippen molar-refractivity contribution in [2.24, 2.45) is 0 Å². The van der Waals surface area contributed by atoms with Gasteiger partial charge in [-0.3, -0.25) is 0 Å². The van der Waals surface area contributed by atoms with Gasteiger partial charge in [0.05, 0.1) is 27.5 Å². The predicted molar refractivity (Wildman–Crippen MR) is 157 cm³/mol. The van der Waals surface area contributed by atoms with E-state index in [0.717, 1.165) is 0 Å². The molecule has 3 atom stereocenters. The number of carboxylic acid groups (broad SMARTS) is 1. The van der Waals surface area contributed by atoms with Gasteiger partial charge in [0.15, 0.2) is 5.44 Å². The number of rotatable bonds is 8. The lowest BCUT2D eigenvalue weighted by molar-refractivity contribution is 0.0135. The molecule has 5 rings (SSSR count). The van der Waals surface area contributed by atoms with Gasteiger partial charge in [-0.2, -0.15) is 0 Å². The minimum atomic E-state index is -0.879. The quantitative estimate of drug-likeness (QED) is 0.192. The van der Waals surface area contributed by atoms with Gasteiger partial charge in [0.1, 0.15) is 12.7 Å². The molecular weight excluding hydrogens is 556 g/mol. The van der Waals surface area contributed by atoms with E-state index in [4.69, 9.17) is 19.3 Å². The second-order valence-electron chi connectivity index (χ2n) is 9.06. The van der Waals surface area contributed by atoms with Crippen LogP contribution in [0.1, 0.15) is 47.9 Å².